The molecule has 1 heterocycles. The van der Waals surface area contributed by atoms with Crippen LogP contribution < -0.4 is 4.89 Å². The summed E-state index contributed by atoms with van der Waals surface area (Å²) in [6, 6.07) is 7.70. The van der Waals surface area contributed by atoms with Crippen LogP contribution >= 0.6 is 0 Å². The lowest BCUT2D eigenvalue weighted by Gasteiger charge is -2.00. The quantitative estimate of drug-likeness (QED) is 0.543. The second-order valence-corrected chi connectivity index (χ2v) is 2.45. The number of hydrogen-bond acceptors (Lipinski definition) is 2. The van der Waals surface area contributed by atoms with Gasteiger partial charge in [-0.3, -0.25) is 0 Å². The average Bonchev–Trinajstić information content (AvgIpc) is 2.53. The third kappa shape index (κ3) is 1.04. The fourth-order valence-electron chi connectivity index (χ4n) is 1.22. The number of H-pyrrole nitrogens is 1. The van der Waals surface area contributed by atoms with E-state index in [0.717, 1.165) is 16.7 Å². The van der Waals surface area contributed by atoms with E-state index in [1.165, 1.54) is 7.11 Å². The fourth-order valence-corrected chi connectivity index (χ4v) is 1.22. The van der Waals surface area contributed by atoms with E-state index in [1.807, 2.05) is 30.5 Å². The molecule has 0 spiro atoms. The molecule has 0 atom stereocenters. The highest BCUT2D eigenvalue weighted by molar-refractivity contribution is 5.85. The Morgan fingerprint density at radius 3 is 3.00 bits per heavy atom. The van der Waals surface area contributed by atoms with Gasteiger partial charge < -0.3 is 9.87 Å². The summed E-state index contributed by atoms with van der Waals surface area (Å²) in [5.41, 5.74) is 1.05. The molecule has 0 radical (unpaired) electrons. The van der Waals surface area contributed by atoms with Crippen molar-refractivity contribution in [1.82, 2.24) is 4.98 Å². The first-order valence-electron chi connectivity index (χ1n) is 3.68. The van der Waals surface area contributed by atoms with Crippen molar-refractivity contribution in [3.63, 3.8) is 0 Å². The summed E-state index contributed by atoms with van der Waals surface area (Å²) in [4.78, 5) is 12.6. The molecular weight excluding hydrogens is 154 g/mol. The van der Waals surface area contributed by atoms with Gasteiger partial charge in [-0.25, -0.2) is 0 Å². The molecule has 0 aliphatic carbocycles. The minimum Gasteiger partial charge on any atom is -0.361 e. The summed E-state index contributed by atoms with van der Waals surface area (Å²) < 4.78 is 0. The van der Waals surface area contributed by atoms with Crippen LogP contribution in [0.5, 0.6) is 5.75 Å². The molecule has 3 nitrogen and oxygen atoms in total. The summed E-state index contributed by atoms with van der Waals surface area (Å²) in [7, 11) is 1.49. The van der Waals surface area contributed by atoms with Crippen molar-refractivity contribution in [1.29, 1.82) is 0 Å². The van der Waals surface area contributed by atoms with E-state index in [2.05, 4.69) is 9.87 Å². The van der Waals surface area contributed by atoms with Crippen molar-refractivity contribution in [3.8, 4) is 5.75 Å². The Bertz CT molecular complexity index is 381. The Kier molecular flexibility index (Phi) is 1.72. The molecule has 0 aliphatic heterocycles. The van der Waals surface area contributed by atoms with Gasteiger partial charge in [-0.05, 0) is 18.2 Å². The van der Waals surface area contributed by atoms with E-state index in [0.29, 0.717) is 0 Å². The Morgan fingerprint density at radius 1 is 1.25 bits per heavy atom. The summed E-state index contributed by atoms with van der Waals surface area (Å²) in [6.45, 7) is 0. The standard InChI is InChI=1S/C9H9NO2/c1-11-12-9-4-2-3-8-7(9)5-6-10-8/h2-6,10H,1H3. The monoisotopic (exact) mass is 163 g/mol. The van der Waals surface area contributed by atoms with Gasteiger partial charge in [0.15, 0.2) is 5.75 Å². The Balaban J connectivity index is 2.57. The van der Waals surface area contributed by atoms with Crippen LogP contribution in [0.3, 0.4) is 0 Å². The van der Waals surface area contributed by atoms with Crippen molar-refractivity contribution in [2.24, 2.45) is 0 Å². The SMILES string of the molecule is COOc1cccc2[nH]ccc12. The molecule has 2 rings (SSSR count). The molecule has 0 unspecified atom stereocenters. The van der Waals surface area contributed by atoms with E-state index in [-0.39, 0.29) is 0 Å². The first-order valence-corrected chi connectivity index (χ1v) is 3.68. The van der Waals surface area contributed by atoms with Gasteiger partial charge in [0.25, 0.3) is 0 Å². The van der Waals surface area contributed by atoms with Crippen LogP contribution in [0.15, 0.2) is 30.5 Å². The van der Waals surface area contributed by atoms with Crippen molar-refractivity contribution in [2.75, 3.05) is 7.11 Å². The van der Waals surface area contributed by atoms with Crippen LogP contribution in [0.25, 0.3) is 10.9 Å². The van der Waals surface area contributed by atoms with E-state index in [1.54, 1.807) is 0 Å². The van der Waals surface area contributed by atoms with E-state index in [9.17, 15) is 0 Å². The Morgan fingerprint density at radius 2 is 2.17 bits per heavy atom. The number of nitrogens with one attached hydrogen (secondary N) is 1. The van der Waals surface area contributed by atoms with Crippen molar-refractivity contribution in [2.45, 2.75) is 0 Å². The Hall–Kier alpha value is -1.48. The molecule has 3 heteroatoms. The number of rotatable bonds is 2. The maximum atomic E-state index is 4.96. The topological polar surface area (TPSA) is 34.2 Å². The fraction of sp³-hybridized carbons (Fsp3) is 0.111. The zero-order valence-corrected chi connectivity index (χ0v) is 6.70. The van der Waals surface area contributed by atoms with Crippen LogP contribution in [-0.4, -0.2) is 12.1 Å². The number of aromatic amines is 1. The minimum absolute atomic E-state index is 0.733. The molecule has 1 aromatic carbocycles. The van der Waals surface area contributed by atoms with E-state index in [4.69, 9.17) is 4.89 Å². The van der Waals surface area contributed by atoms with Gasteiger partial charge in [-0.1, -0.05) is 6.07 Å². The second kappa shape index (κ2) is 2.87. The number of aromatic nitrogens is 1. The lowest BCUT2D eigenvalue weighted by molar-refractivity contribution is -0.176. The van der Waals surface area contributed by atoms with Crippen LogP contribution in [0.1, 0.15) is 0 Å². The molecule has 12 heavy (non-hydrogen) atoms. The third-order valence-corrected chi connectivity index (χ3v) is 1.73. The molecule has 62 valence electrons. The molecular formula is C9H9NO2. The van der Waals surface area contributed by atoms with Gasteiger partial charge >= 0.3 is 0 Å². The van der Waals surface area contributed by atoms with Gasteiger partial charge in [0, 0.05) is 17.1 Å². The van der Waals surface area contributed by atoms with Crippen molar-refractivity contribution >= 4 is 10.9 Å². The largest absolute Gasteiger partial charge is 0.361 e. The van der Waals surface area contributed by atoms with E-state index >= 15 is 0 Å². The highest BCUT2D eigenvalue weighted by Crippen LogP contribution is 2.24. The maximum Gasteiger partial charge on any atom is 0.174 e. The molecule has 0 fully saturated rings. The molecule has 0 saturated carbocycles. The predicted molar refractivity (Wildman–Crippen MR) is 45.9 cm³/mol. The molecule has 0 aliphatic rings. The van der Waals surface area contributed by atoms with Crippen molar-refractivity contribution in [3.05, 3.63) is 30.5 Å². The van der Waals surface area contributed by atoms with Gasteiger partial charge in [-0.15, -0.1) is 0 Å². The van der Waals surface area contributed by atoms with Gasteiger partial charge in [-0.2, -0.15) is 4.89 Å². The number of benzene rings is 1. The van der Waals surface area contributed by atoms with Crippen LogP contribution in [0, 0.1) is 0 Å². The first kappa shape index (κ1) is 7.18. The summed E-state index contributed by atoms with van der Waals surface area (Å²) >= 11 is 0. The predicted octanol–water partition coefficient (Wildman–Crippen LogP) is 2.11. The average molecular weight is 163 g/mol. The molecule has 0 saturated heterocycles. The number of fused-ring (bicyclic) bond motifs is 1. The normalized spacial score (nSPS) is 10.4. The highest BCUT2D eigenvalue weighted by atomic mass is 17.2. The zero-order valence-electron chi connectivity index (χ0n) is 6.70. The second-order valence-electron chi connectivity index (χ2n) is 2.45. The minimum atomic E-state index is 0.733. The highest BCUT2D eigenvalue weighted by Gasteiger charge is 2.01. The first-order chi connectivity index (χ1) is 5.92. The van der Waals surface area contributed by atoms with Crippen LogP contribution in [-0.2, 0) is 4.89 Å². The summed E-state index contributed by atoms with van der Waals surface area (Å²) in [5.74, 6) is 0.733. The lowest BCUT2D eigenvalue weighted by Crippen LogP contribution is -1.89. The maximum absolute atomic E-state index is 4.96. The molecule has 1 N–H and O–H groups in total. The zero-order chi connectivity index (χ0) is 8.39. The van der Waals surface area contributed by atoms with Crippen molar-refractivity contribution < 1.29 is 9.78 Å². The molecule has 2 aromatic rings. The van der Waals surface area contributed by atoms with Gasteiger partial charge in [0.2, 0.25) is 0 Å². The van der Waals surface area contributed by atoms with Gasteiger partial charge in [0.05, 0.1) is 7.11 Å². The molecule has 0 amide bonds. The number of hydrogen-bond donors (Lipinski definition) is 1. The Labute approximate surface area is 69.8 Å². The smallest absolute Gasteiger partial charge is 0.174 e. The lowest BCUT2D eigenvalue weighted by atomic mass is 10.2. The van der Waals surface area contributed by atoms with Gasteiger partial charge in [0.1, 0.15) is 0 Å². The molecule has 1 aromatic heterocycles. The molecule has 0 bridgehead atoms. The van der Waals surface area contributed by atoms with E-state index < -0.39 is 0 Å². The summed E-state index contributed by atoms with van der Waals surface area (Å²) in [6.07, 6.45) is 1.87. The van der Waals surface area contributed by atoms with Crippen LogP contribution in [0.4, 0.5) is 0 Å². The summed E-state index contributed by atoms with van der Waals surface area (Å²) in [5, 5.41) is 1.03. The van der Waals surface area contributed by atoms with Crippen LogP contribution in [0.2, 0.25) is 0 Å². The third-order valence-electron chi connectivity index (χ3n) is 1.73.